The second-order valence-electron chi connectivity index (χ2n) is 5.70. The molecule has 0 N–H and O–H groups in total. The summed E-state index contributed by atoms with van der Waals surface area (Å²) in [6.07, 6.45) is 0. The van der Waals surface area contributed by atoms with Crippen molar-refractivity contribution in [1.82, 2.24) is 4.31 Å². The van der Waals surface area contributed by atoms with Crippen LogP contribution in [0.25, 0.3) is 11.1 Å². The van der Waals surface area contributed by atoms with Gasteiger partial charge in [0.25, 0.3) is 0 Å². The Kier molecular flexibility index (Phi) is 6.21. The molecule has 0 saturated heterocycles. The van der Waals surface area contributed by atoms with Crippen molar-refractivity contribution in [3.63, 3.8) is 0 Å². The van der Waals surface area contributed by atoms with Crippen molar-refractivity contribution in [3.05, 3.63) is 54.6 Å². The molecule has 0 aliphatic heterocycles. The van der Waals surface area contributed by atoms with Gasteiger partial charge < -0.3 is 0 Å². The van der Waals surface area contributed by atoms with Gasteiger partial charge in [0.2, 0.25) is 10.0 Å². The van der Waals surface area contributed by atoms with Crippen LogP contribution in [0.2, 0.25) is 0 Å². The summed E-state index contributed by atoms with van der Waals surface area (Å²) < 4.78 is 26.5. The molecule has 2 aromatic rings. The van der Waals surface area contributed by atoms with E-state index in [-0.39, 0.29) is 28.9 Å². The highest BCUT2D eigenvalue weighted by atomic mass is 32.2. The van der Waals surface area contributed by atoms with Crippen molar-refractivity contribution in [2.45, 2.75) is 11.8 Å². The SMILES string of the molecule is CC(CN(C)S(=O)(=O)c1ccc(-c2ccccc2)cc1)C(=O)CS. The Morgan fingerprint density at radius 2 is 1.58 bits per heavy atom. The zero-order valence-electron chi connectivity index (χ0n) is 13.7. The van der Waals surface area contributed by atoms with Crippen molar-refractivity contribution in [3.8, 4) is 11.1 Å². The van der Waals surface area contributed by atoms with Gasteiger partial charge in [-0.1, -0.05) is 49.4 Å². The molecule has 2 rings (SSSR count). The highest BCUT2D eigenvalue weighted by Crippen LogP contribution is 2.22. The summed E-state index contributed by atoms with van der Waals surface area (Å²) in [6.45, 7) is 1.85. The van der Waals surface area contributed by atoms with Crippen LogP contribution in [0.1, 0.15) is 6.92 Å². The summed E-state index contributed by atoms with van der Waals surface area (Å²) in [6, 6.07) is 16.5. The van der Waals surface area contributed by atoms with Gasteiger partial charge in [0.05, 0.1) is 4.90 Å². The number of rotatable bonds is 7. The Bertz CT molecular complexity index is 787. The molecule has 6 heteroatoms. The maximum Gasteiger partial charge on any atom is 0.242 e. The predicted octanol–water partition coefficient (Wildman–Crippen LogP) is 3.11. The summed E-state index contributed by atoms with van der Waals surface area (Å²) in [5.74, 6) is -0.341. The summed E-state index contributed by atoms with van der Waals surface area (Å²) in [4.78, 5) is 11.8. The number of thiol groups is 1. The van der Waals surface area contributed by atoms with Gasteiger partial charge in [-0.15, -0.1) is 0 Å². The topological polar surface area (TPSA) is 54.5 Å². The lowest BCUT2D eigenvalue weighted by Gasteiger charge is -2.20. The van der Waals surface area contributed by atoms with Crippen molar-refractivity contribution in [2.24, 2.45) is 5.92 Å². The Labute approximate surface area is 149 Å². The fourth-order valence-electron chi connectivity index (χ4n) is 2.37. The number of sulfonamides is 1. The van der Waals surface area contributed by atoms with E-state index >= 15 is 0 Å². The normalized spacial score (nSPS) is 13.0. The van der Waals surface area contributed by atoms with E-state index in [0.717, 1.165) is 11.1 Å². The first-order valence-corrected chi connectivity index (χ1v) is 9.69. The third-order valence-electron chi connectivity index (χ3n) is 3.91. The van der Waals surface area contributed by atoms with E-state index in [0.29, 0.717) is 0 Å². The third-order valence-corrected chi connectivity index (χ3v) is 6.06. The van der Waals surface area contributed by atoms with Crippen LogP contribution in [-0.2, 0) is 14.8 Å². The molecule has 0 spiro atoms. The molecule has 4 nitrogen and oxygen atoms in total. The molecule has 128 valence electrons. The molecule has 0 bridgehead atoms. The molecule has 1 atom stereocenters. The van der Waals surface area contributed by atoms with Gasteiger partial charge in [-0.2, -0.15) is 12.6 Å². The van der Waals surface area contributed by atoms with E-state index in [2.05, 4.69) is 12.6 Å². The van der Waals surface area contributed by atoms with E-state index in [1.54, 1.807) is 31.2 Å². The van der Waals surface area contributed by atoms with Crippen LogP contribution in [0.3, 0.4) is 0 Å². The van der Waals surface area contributed by atoms with Crippen LogP contribution in [0.4, 0.5) is 0 Å². The second-order valence-corrected chi connectivity index (χ2v) is 8.06. The lowest BCUT2D eigenvalue weighted by Crippen LogP contribution is -2.34. The van der Waals surface area contributed by atoms with Crippen LogP contribution in [0.15, 0.2) is 59.5 Å². The smallest absolute Gasteiger partial charge is 0.242 e. The number of carbonyl (C=O) groups excluding carboxylic acids is 1. The van der Waals surface area contributed by atoms with Gasteiger partial charge in [-0.05, 0) is 23.3 Å². The Morgan fingerprint density at radius 1 is 1.04 bits per heavy atom. The first-order chi connectivity index (χ1) is 11.4. The van der Waals surface area contributed by atoms with Gasteiger partial charge in [-0.25, -0.2) is 12.7 Å². The number of benzene rings is 2. The van der Waals surface area contributed by atoms with Gasteiger partial charge in [0.1, 0.15) is 5.78 Å². The quantitative estimate of drug-likeness (QED) is 0.769. The number of Topliss-reactive ketones (excluding diaryl/α,β-unsaturated/α-hetero) is 1. The molecular formula is C18H21NO3S2. The molecule has 2 aromatic carbocycles. The summed E-state index contributed by atoms with van der Waals surface area (Å²) in [5.41, 5.74) is 1.98. The van der Waals surface area contributed by atoms with Crippen molar-refractivity contribution in [1.29, 1.82) is 0 Å². The molecule has 0 aliphatic rings. The largest absolute Gasteiger partial charge is 0.298 e. The minimum Gasteiger partial charge on any atom is -0.298 e. The molecule has 0 saturated carbocycles. The Morgan fingerprint density at radius 3 is 2.12 bits per heavy atom. The number of hydrogen-bond acceptors (Lipinski definition) is 4. The Hall–Kier alpha value is -1.63. The fourth-order valence-corrected chi connectivity index (χ4v) is 3.94. The molecule has 0 amide bonds. The van der Waals surface area contributed by atoms with Crippen LogP contribution < -0.4 is 0 Å². The van der Waals surface area contributed by atoms with Gasteiger partial charge in [0.15, 0.2) is 0 Å². The van der Waals surface area contributed by atoms with E-state index in [9.17, 15) is 13.2 Å². The Balaban J connectivity index is 2.19. The summed E-state index contributed by atoms with van der Waals surface area (Å²) in [5, 5.41) is 0. The van der Waals surface area contributed by atoms with E-state index in [1.165, 1.54) is 11.4 Å². The van der Waals surface area contributed by atoms with Crippen LogP contribution in [0.5, 0.6) is 0 Å². The van der Waals surface area contributed by atoms with Crippen molar-refractivity contribution >= 4 is 28.4 Å². The number of hydrogen-bond donors (Lipinski definition) is 1. The van der Waals surface area contributed by atoms with Crippen LogP contribution >= 0.6 is 12.6 Å². The second kappa shape index (κ2) is 7.96. The number of carbonyl (C=O) groups is 1. The fraction of sp³-hybridized carbons (Fsp3) is 0.278. The van der Waals surface area contributed by atoms with Gasteiger partial charge in [-0.3, -0.25) is 4.79 Å². The summed E-state index contributed by atoms with van der Waals surface area (Å²) in [7, 11) is -2.13. The summed E-state index contributed by atoms with van der Waals surface area (Å²) >= 11 is 3.95. The van der Waals surface area contributed by atoms with E-state index < -0.39 is 10.0 Å². The highest BCUT2D eigenvalue weighted by Gasteiger charge is 2.24. The van der Waals surface area contributed by atoms with Crippen molar-refractivity contribution in [2.75, 3.05) is 19.3 Å². The average Bonchev–Trinajstić information content (AvgIpc) is 2.61. The molecule has 0 heterocycles. The van der Waals surface area contributed by atoms with Crippen LogP contribution in [-0.4, -0.2) is 37.9 Å². The van der Waals surface area contributed by atoms with Gasteiger partial charge in [0, 0.05) is 25.3 Å². The van der Waals surface area contributed by atoms with Gasteiger partial charge >= 0.3 is 0 Å². The lowest BCUT2D eigenvalue weighted by atomic mass is 10.1. The van der Waals surface area contributed by atoms with E-state index in [4.69, 9.17) is 0 Å². The minimum absolute atomic E-state index is 0.0696. The lowest BCUT2D eigenvalue weighted by molar-refractivity contribution is -0.119. The predicted molar refractivity (Wildman–Crippen MR) is 99.7 cm³/mol. The third kappa shape index (κ3) is 4.26. The molecule has 0 radical (unpaired) electrons. The molecular weight excluding hydrogens is 342 g/mol. The molecule has 0 aliphatic carbocycles. The maximum absolute atomic E-state index is 12.6. The zero-order chi connectivity index (χ0) is 17.7. The minimum atomic E-state index is -3.62. The average molecular weight is 364 g/mol. The molecule has 0 aromatic heterocycles. The zero-order valence-corrected chi connectivity index (χ0v) is 15.4. The monoisotopic (exact) mass is 363 g/mol. The number of ketones is 1. The molecule has 24 heavy (non-hydrogen) atoms. The maximum atomic E-state index is 12.6. The number of nitrogens with zero attached hydrogens (tertiary/aromatic N) is 1. The first kappa shape index (κ1) is 18.7. The van der Waals surface area contributed by atoms with Crippen molar-refractivity contribution < 1.29 is 13.2 Å². The van der Waals surface area contributed by atoms with E-state index in [1.807, 2.05) is 30.3 Å². The molecule has 0 fully saturated rings. The van der Waals surface area contributed by atoms with Crippen LogP contribution in [0, 0.1) is 5.92 Å². The molecule has 1 unspecified atom stereocenters. The first-order valence-electron chi connectivity index (χ1n) is 7.61. The highest BCUT2D eigenvalue weighted by molar-refractivity contribution is 7.89. The standard InChI is InChI=1S/C18H21NO3S2/c1-14(18(20)13-23)12-19(2)24(21,22)17-10-8-16(9-11-17)15-6-4-3-5-7-15/h3-11,14,23H,12-13H2,1-2H3.